The van der Waals surface area contributed by atoms with Crippen LogP contribution in [0.3, 0.4) is 0 Å². The molecule has 0 saturated carbocycles. The quantitative estimate of drug-likeness (QED) is 0.285. The van der Waals surface area contributed by atoms with Crippen molar-refractivity contribution in [1.29, 1.82) is 0 Å². The molecule has 0 unspecified atom stereocenters. The molecule has 2 aromatic heterocycles. The van der Waals surface area contributed by atoms with E-state index < -0.39 is 38.5 Å². The largest absolute Gasteiger partial charge is 0.534 e. The number of rotatable bonds is 7. The number of nitrogens with zero attached hydrogens (tertiary/aromatic N) is 2. The van der Waals surface area contributed by atoms with E-state index in [1.54, 1.807) is 0 Å². The minimum Gasteiger partial charge on any atom is -0.465 e. The van der Waals surface area contributed by atoms with E-state index in [-0.39, 0.29) is 17.6 Å². The van der Waals surface area contributed by atoms with Crippen LogP contribution < -0.4 is 14.6 Å². The number of halogens is 3. The maximum absolute atomic E-state index is 12.8. The second-order valence-corrected chi connectivity index (χ2v) is 6.88. The maximum atomic E-state index is 12.8. The van der Waals surface area contributed by atoms with Gasteiger partial charge in [0.2, 0.25) is 0 Å². The number of ether oxygens (including phenoxy) is 1. The highest BCUT2D eigenvalue weighted by Gasteiger charge is 2.49. The van der Waals surface area contributed by atoms with Crippen molar-refractivity contribution < 1.29 is 40.1 Å². The molecule has 0 saturated heterocycles. The fourth-order valence-corrected chi connectivity index (χ4v) is 2.60. The molecule has 0 spiro atoms. The molecular formula is C15H15F3N2O7S. The molecule has 0 N–H and O–H groups in total. The molecule has 0 aromatic carbocycles. The molecule has 0 atom stereocenters. The van der Waals surface area contributed by atoms with Gasteiger partial charge in [-0.1, -0.05) is 13.3 Å². The molecule has 154 valence electrons. The summed E-state index contributed by atoms with van der Waals surface area (Å²) < 4.78 is 70.4. The highest BCUT2D eigenvalue weighted by Crippen LogP contribution is 2.32. The Hall–Kier alpha value is -2.83. The molecule has 0 amide bonds. The fraction of sp³-hybridized carbons (Fsp3) is 0.400. The van der Waals surface area contributed by atoms with Gasteiger partial charge in [-0.25, -0.2) is 9.78 Å². The van der Waals surface area contributed by atoms with Crippen molar-refractivity contribution >= 4 is 27.1 Å². The maximum Gasteiger partial charge on any atom is 0.534 e. The van der Waals surface area contributed by atoms with E-state index in [2.05, 4.69) is 13.9 Å². The Bertz CT molecular complexity index is 1050. The molecule has 2 aromatic rings. The van der Waals surface area contributed by atoms with E-state index >= 15 is 0 Å². The summed E-state index contributed by atoms with van der Waals surface area (Å²) in [5.74, 6) is -2.55. The van der Waals surface area contributed by atoms with Gasteiger partial charge < -0.3 is 13.8 Å². The minimum atomic E-state index is -6.18. The number of pyridine rings is 2. The van der Waals surface area contributed by atoms with Crippen molar-refractivity contribution in [3.8, 4) is 5.75 Å². The standard InChI is InChI=1S/C15H15F3N2O7S/c1-3-4-8-26-20-12-9(6-5-7-19-12)11(10(13(20)21)14(22)25-2)27-28(23,24)15(16,17)18/h5-7H,3-4,8H2,1-2H3. The van der Waals surface area contributed by atoms with E-state index in [0.717, 1.165) is 13.2 Å². The molecule has 9 nitrogen and oxygen atoms in total. The van der Waals surface area contributed by atoms with Gasteiger partial charge in [-0.15, -0.1) is 4.73 Å². The second kappa shape index (κ2) is 8.04. The number of hydrogen-bond acceptors (Lipinski definition) is 8. The first-order chi connectivity index (χ1) is 13.0. The first kappa shape index (κ1) is 21.5. The summed E-state index contributed by atoms with van der Waals surface area (Å²) >= 11 is 0. The van der Waals surface area contributed by atoms with Gasteiger partial charge in [0.15, 0.2) is 17.0 Å². The van der Waals surface area contributed by atoms with Crippen LogP contribution in [0, 0.1) is 0 Å². The Balaban J connectivity index is 2.84. The molecule has 0 aliphatic rings. The Kier molecular flexibility index (Phi) is 6.17. The number of alkyl halides is 3. The first-order valence-electron chi connectivity index (χ1n) is 7.81. The first-order valence-corrected chi connectivity index (χ1v) is 9.22. The summed E-state index contributed by atoms with van der Waals surface area (Å²) in [5.41, 5.74) is -8.47. The van der Waals surface area contributed by atoms with Gasteiger partial charge in [-0.2, -0.15) is 21.6 Å². The number of methoxy groups -OCH3 is 1. The Labute approximate surface area is 156 Å². The van der Waals surface area contributed by atoms with Crippen LogP contribution in [0.15, 0.2) is 23.1 Å². The van der Waals surface area contributed by atoms with Crippen LogP contribution in [0.2, 0.25) is 0 Å². The van der Waals surface area contributed by atoms with Crippen LogP contribution >= 0.6 is 0 Å². The van der Waals surface area contributed by atoms with Crippen molar-refractivity contribution in [2.45, 2.75) is 25.3 Å². The SMILES string of the molecule is CCCCOn1c(=O)c(C(=O)OC)c(OS(=O)(=O)C(F)(F)F)c2cccnc21. The number of aromatic nitrogens is 2. The molecule has 0 aliphatic heterocycles. The minimum absolute atomic E-state index is 0.0315. The van der Waals surface area contributed by atoms with Crippen LogP contribution in [-0.4, -0.2) is 43.3 Å². The van der Waals surface area contributed by atoms with E-state index in [0.29, 0.717) is 17.6 Å². The summed E-state index contributed by atoms with van der Waals surface area (Å²) in [5, 5.41) is -0.369. The number of unbranched alkanes of at least 4 members (excludes halogenated alkanes) is 1. The molecule has 2 heterocycles. The zero-order valence-electron chi connectivity index (χ0n) is 14.6. The van der Waals surface area contributed by atoms with Gasteiger partial charge >= 0.3 is 27.2 Å². The summed E-state index contributed by atoms with van der Waals surface area (Å²) in [7, 11) is -5.32. The third-order valence-electron chi connectivity index (χ3n) is 3.43. The van der Waals surface area contributed by atoms with Gasteiger partial charge in [0.05, 0.1) is 12.5 Å². The molecule has 0 fully saturated rings. The van der Waals surface area contributed by atoms with Crippen LogP contribution in [0.25, 0.3) is 11.0 Å². The Morgan fingerprint density at radius 2 is 2.00 bits per heavy atom. The van der Waals surface area contributed by atoms with Crippen molar-refractivity contribution in [1.82, 2.24) is 9.71 Å². The average molecular weight is 424 g/mol. The third kappa shape index (κ3) is 4.03. The van der Waals surface area contributed by atoms with Gasteiger partial charge in [0.25, 0.3) is 0 Å². The van der Waals surface area contributed by atoms with Crippen molar-refractivity contribution in [3.05, 3.63) is 34.2 Å². The molecule has 28 heavy (non-hydrogen) atoms. The average Bonchev–Trinajstić information content (AvgIpc) is 2.62. The van der Waals surface area contributed by atoms with Crippen molar-refractivity contribution in [2.75, 3.05) is 13.7 Å². The number of carbonyl (C=O) groups is 1. The molecular weight excluding hydrogens is 409 g/mol. The molecule has 0 radical (unpaired) electrons. The normalized spacial score (nSPS) is 12.0. The van der Waals surface area contributed by atoms with Crippen molar-refractivity contribution in [2.24, 2.45) is 0 Å². The van der Waals surface area contributed by atoms with Gasteiger partial charge in [-0.05, 0) is 18.6 Å². The van der Waals surface area contributed by atoms with Crippen molar-refractivity contribution in [3.63, 3.8) is 0 Å². The highest BCUT2D eigenvalue weighted by atomic mass is 32.2. The van der Waals surface area contributed by atoms with Crippen LogP contribution in [0.5, 0.6) is 5.75 Å². The zero-order valence-corrected chi connectivity index (χ0v) is 15.5. The smallest absolute Gasteiger partial charge is 0.465 e. The van der Waals surface area contributed by atoms with Crippen LogP contribution in [0.4, 0.5) is 13.2 Å². The molecule has 0 aliphatic carbocycles. The summed E-state index contributed by atoms with van der Waals surface area (Å²) in [6.07, 6.45) is 2.42. The lowest BCUT2D eigenvalue weighted by atomic mass is 10.2. The lowest BCUT2D eigenvalue weighted by Gasteiger charge is -2.17. The van der Waals surface area contributed by atoms with E-state index in [4.69, 9.17) is 4.84 Å². The number of carbonyl (C=O) groups excluding carboxylic acids is 1. The summed E-state index contributed by atoms with van der Waals surface area (Å²) in [6, 6.07) is 2.37. The number of hydrogen-bond donors (Lipinski definition) is 0. The predicted octanol–water partition coefficient (Wildman–Crippen LogP) is 1.64. The van der Waals surface area contributed by atoms with Crippen LogP contribution in [0.1, 0.15) is 30.1 Å². The summed E-state index contributed by atoms with van der Waals surface area (Å²) in [6.45, 7) is 1.88. The zero-order chi connectivity index (χ0) is 21.1. The monoisotopic (exact) mass is 424 g/mol. The third-order valence-corrected chi connectivity index (χ3v) is 4.39. The Morgan fingerprint density at radius 3 is 2.57 bits per heavy atom. The van der Waals surface area contributed by atoms with Gasteiger partial charge in [0.1, 0.15) is 6.61 Å². The lowest BCUT2D eigenvalue weighted by Crippen LogP contribution is -2.35. The van der Waals surface area contributed by atoms with E-state index in [1.807, 2.05) is 6.92 Å². The Morgan fingerprint density at radius 1 is 1.32 bits per heavy atom. The predicted molar refractivity (Wildman–Crippen MR) is 89.3 cm³/mol. The lowest BCUT2D eigenvalue weighted by molar-refractivity contribution is -0.0500. The highest BCUT2D eigenvalue weighted by molar-refractivity contribution is 7.88. The molecule has 0 bridgehead atoms. The topological polar surface area (TPSA) is 114 Å². The summed E-state index contributed by atoms with van der Waals surface area (Å²) in [4.78, 5) is 33.8. The van der Waals surface area contributed by atoms with Gasteiger partial charge in [-0.3, -0.25) is 4.79 Å². The number of esters is 1. The van der Waals surface area contributed by atoms with E-state index in [9.17, 15) is 31.2 Å². The molecule has 2 rings (SSSR count). The second-order valence-electron chi connectivity index (χ2n) is 5.34. The van der Waals surface area contributed by atoms with Crippen LogP contribution in [-0.2, 0) is 14.9 Å². The number of fused-ring (bicyclic) bond motifs is 1. The molecule has 13 heteroatoms. The van der Waals surface area contributed by atoms with E-state index in [1.165, 1.54) is 12.3 Å². The van der Waals surface area contributed by atoms with Gasteiger partial charge in [0, 0.05) is 6.20 Å². The fourth-order valence-electron chi connectivity index (χ4n) is 2.11.